The number of nitrogens with zero attached hydrogens (tertiary/aromatic N) is 1. The fraction of sp³-hybridized carbons (Fsp3) is 0.286. The van der Waals surface area contributed by atoms with Crippen LogP contribution in [-0.2, 0) is 9.84 Å². The summed E-state index contributed by atoms with van der Waals surface area (Å²) in [7, 11) is -3.22. The Bertz CT molecular complexity index is 781. The molecule has 0 saturated carbocycles. The molecule has 1 unspecified atom stereocenters. The Morgan fingerprint density at radius 3 is 2.40 bits per heavy atom. The van der Waals surface area contributed by atoms with Gasteiger partial charge in [-0.05, 0) is 19.4 Å². The molecule has 0 aliphatic rings. The van der Waals surface area contributed by atoms with Gasteiger partial charge in [-0.2, -0.15) is 0 Å². The van der Waals surface area contributed by atoms with Gasteiger partial charge in [0, 0.05) is 11.8 Å². The quantitative estimate of drug-likeness (QED) is 0.884. The number of nitrogens with one attached hydrogen (secondary N) is 1. The van der Waals surface area contributed by atoms with E-state index in [4.69, 9.17) is 12.2 Å². The molecule has 0 amide bonds. The molecular formula is C14H16N2O2S2. The standard InChI is InChI=1S/C14H16N2O2S2/c1-9-12(11-7-5-4-6-8-11)15-13(16-14(9)19)10(2)20(3,17)18/h4-8,10H,1-3H3,(H,15,16,19). The molecule has 0 aliphatic carbocycles. The molecule has 6 heteroatoms. The Morgan fingerprint density at radius 2 is 1.85 bits per heavy atom. The largest absolute Gasteiger partial charge is 0.342 e. The van der Waals surface area contributed by atoms with Crippen LogP contribution in [-0.4, -0.2) is 24.6 Å². The van der Waals surface area contributed by atoms with E-state index in [1.54, 1.807) is 6.92 Å². The van der Waals surface area contributed by atoms with Crippen molar-refractivity contribution >= 4 is 22.1 Å². The monoisotopic (exact) mass is 308 g/mol. The highest BCUT2D eigenvalue weighted by Crippen LogP contribution is 2.25. The van der Waals surface area contributed by atoms with Crippen LogP contribution in [0.25, 0.3) is 11.3 Å². The number of sulfone groups is 1. The predicted octanol–water partition coefficient (Wildman–Crippen LogP) is 3.22. The van der Waals surface area contributed by atoms with Gasteiger partial charge in [-0.3, -0.25) is 0 Å². The van der Waals surface area contributed by atoms with E-state index < -0.39 is 15.1 Å². The second kappa shape index (κ2) is 5.46. The lowest BCUT2D eigenvalue weighted by Gasteiger charge is -2.13. The third-order valence-corrected chi connectivity index (χ3v) is 5.17. The Morgan fingerprint density at radius 1 is 1.25 bits per heavy atom. The summed E-state index contributed by atoms with van der Waals surface area (Å²) in [6, 6.07) is 9.66. The average Bonchev–Trinajstić information content (AvgIpc) is 2.41. The third-order valence-electron chi connectivity index (χ3n) is 3.26. The molecule has 2 aromatic rings. The van der Waals surface area contributed by atoms with E-state index >= 15 is 0 Å². The molecule has 0 fully saturated rings. The Hall–Kier alpha value is -1.53. The maximum atomic E-state index is 11.7. The minimum atomic E-state index is -3.22. The van der Waals surface area contributed by atoms with Gasteiger partial charge in [0.05, 0.1) is 5.69 Å². The molecule has 0 radical (unpaired) electrons. The van der Waals surface area contributed by atoms with Gasteiger partial charge >= 0.3 is 0 Å². The number of rotatable bonds is 3. The lowest BCUT2D eigenvalue weighted by atomic mass is 10.1. The van der Waals surface area contributed by atoms with Crippen molar-refractivity contribution in [1.82, 2.24) is 9.97 Å². The number of aromatic amines is 1. The van der Waals surface area contributed by atoms with Gasteiger partial charge in [-0.15, -0.1) is 0 Å². The fourth-order valence-electron chi connectivity index (χ4n) is 1.84. The van der Waals surface area contributed by atoms with Gasteiger partial charge in [0.15, 0.2) is 9.84 Å². The predicted molar refractivity (Wildman–Crippen MR) is 82.9 cm³/mol. The van der Waals surface area contributed by atoms with Crippen LogP contribution in [0.5, 0.6) is 0 Å². The molecule has 1 atom stereocenters. The number of aromatic nitrogens is 2. The van der Waals surface area contributed by atoms with Gasteiger partial charge in [0.2, 0.25) is 0 Å². The van der Waals surface area contributed by atoms with Crippen molar-refractivity contribution in [2.45, 2.75) is 19.1 Å². The molecule has 0 saturated heterocycles. The molecule has 0 aliphatic heterocycles. The van der Waals surface area contributed by atoms with Crippen molar-refractivity contribution in [2.24, 2.45) is 0 Å². The summed E-state index contributed by atoms with van der Waals surface area (Å²) in [5.41, 5.74) is 2.62. The van der Waals surface area contributed by atoms with E-state index in [0.29, 0.717) is 10.5 Å². The van der Waals surface area contributed by atoms with Gasteiger partial charge in [0.1, 0.15) is 15.7 Å². The first-order valence-corrected chi connectivity index (χ1v) is 8.52. The SMILES string of the molecule is Cc1c(-c2ccccc2)[nH]c(C(C)S(C)(=O)=O)nc1=S. The zero-order chi connectivity index (χ0) is 14.9. The summed E-state index contributed by atoms with van der Waals surface area (Å²) in [4.78, 5) is 7.32. The fourth-order valence-corrected chi connectivity index (χ4v) is 2.56. The summed E-state index contributed by atoms with van der Waals surface area (Å²) in [5.74, 6) is 0.377. The van der Waals surface area contributed by atoms with Crippen LogP contribution < -0.4 is 0 Å². The van der Waals surface area contributed by atoms with E-state index in [-0.39, 0.29) is 0 Å². The van der Waals surface area contributed by atoms with Crippen LogP contribution in [0.2, 0.25) is 0 Å². The van der Waals surface area contributed by atoms with Crippen LogP contribution in [0, 0.1) is 11.6 Å². The third kappa shape index (κ3) is 2.96. The normalized spacial score (nSPS) is 13.2. The van der Waals surface area contributed by atoms with Crippen LogP contribution in [0.1, 0.15) is 23.6 Å². The van der Waals surface area contributed by atoms with E-state index in [0.717, 1.165) is 16.8 Å². The lowest BCUT2D eigenvalue weighted by molar-refractivity contribution is 0.589. The van der Waals surface area contributed by atoms with Gasteiger partial charge in [0.25, 0.3) is 0 Å². The highest BCUT2D eigenvalue weighted by Gasteiger charge is 2.21. The molecule has 1 heterocycles. The average molecular weight is 308 g/mol. The molecule has 0 bridgehead atoms. The van der Waals surface area contributed by atoms with Crippen molar-refractivity contribution in [2.75, 3.05) is 6.26 Å². The van der Waals surface area contributed by atoms with Gasteiger partial charge < -0.3 is 4.98 Å². The smallest absolute Gasteiger partial charge is 0.157 e. The number of H-pyrrole nitrogens is 1. The van der Waals surface area contributed by atoms with E-state index in [1.165, 1.54) is 6.26 Å². The molecule has 1 N–H and O–H groups in total. The van der Waals surface area contributed by atoms with Crippen molar-refractivity contribution in [1.29, 1.82) is 0 Å². The van der Waals surface area contributed by atoms with Gasteiger partial charge in [-0.25, -0.2) is 13.4 Å². The number of hydrogen-bond acceptors (Lipinski definition) is 4. The zero-order valence-corrected chi connectivity index (χ0v) is 13.2. The van der Waals surface area contributed by atoms with E-state index in [2.05, 4.69) is 9.97 Å². The highest BCUT2D eigenvalue weighted by atomic mass is 32.2. The van der Waals surface area contributed by atoms with Crippen molar-refractivity contribution in [3.8, 4) is 11.3 Å². The molecule has 106 valence electrons. The molecule has 20 heavy (non-hydrogen) atoms. The number of hydrogen-bond donors (Lipinski definition) is 1. The minimum Gasteiger partial charge on any atom is -0.342 e. The maximum absolute atomic E-state index is 11.7. The topological polar surface area (TPSA) is 62.8 Å². The zero-order valence-electron chi connectivity index (χ0n) is 11.5. The summed E-state index contributed by atoms with van der Waals surface area (Å²) in [6.07, 6.45) is 1.19. The first-order valence-electron chi connectivity index (χ1n) is 6.16. The molecule has 1 aromatic carbocycles. The highest BCUT2D eigenvalue weighted by molar-refractivity contribution is 7.90. The first kappa shape index (κ1) is 14.9. The van der Waals surface area contributed by atoms with E-state index in [1.807, 2.05) is 37.3 Å². The second-order valence-electron chi connectivity index (χ2n) is 4.76. The van der Waals surface area contributed by atoms with Crippen LogP contribution >= 0.6 is 12.2 Å². The van der Waals surface area contributed by atoms with Crippen molar-refractivity contribution in [3.63, 3.8) is 0 Å². The minimum absolute atomic E-state index is 0.377. The summed E-state index contributed by atoms with van der Waals surface area (Å²) < 4.78 is 23.8. The van der Waals surface area contributed by atoms with E-state index in [9.17, 15) is 8.42 Å². The van der Waals surface area contributed by atoms with Crippen LogP contribution in [0.3, 0.4) is 0 Å². The maximum Gasteiger partial charge on any atom is 0.157 e. The summed E-state index contributed by atoms with van der Waals surface area (Å²) in [5, 5.41) is -0.715. The summed E-state index contributed by atoms with van der Waals surface area (Å²) >= 11 is 5.24. The number of benzene rings is 1. The van der Waals surface area contributed by atoms with Gasteiger partial charge in [-0.1, -0.05) is 42.5 Å². The molecule has 0 spiro atoms. The molecule has 1 aromatic heterocycles. The van der Waals surface area contributed by atoms with Crippen LogP contribution in [0.15, 0.2) is 30.3 Å². The Labute approximate surface area is 123 Å². The first-order chi connectivity index (χ1) is 9.30. The summed E-state index contributed by atoms with van der Waals surface area (Å²) in [6.45, 7) is 3.48. The lowest BCUT2D eigenvalue weighted by Crippen LogP contribution is -2.12. The Balaban J connectivity index is 2.66. The van der Waals surface area contributed by atoms with Crippen LogP contribution in [0.4, 0.5) is 0 Å². The molecule has 4 nitrogen and oxygen atoms in total. The molecule has 2 rings (SSSR count). The second-order valence-corrected chi connectivity index (χ2v) is 7.52. The van der Waals surface area contributed by atoms with Crippen molar-refractivity contribution < 1.29 is 8.42 Å². The Kier molecular flexibility index (Phi) is 4.06. The molecular weight excluding hydrogens is 292 g/mol. The van der Waals surface area contributed by atoms with Crippen molar-refractivity contribution in [3.05, 3.63) is 46.4 Å².